The van der Waals surface area contributed by atoms with Crippen molar-refractivity contribution in [1.29, 1.82) is 0 Å². The Kier molecular flexibility index (Phi) is 3.38. The zero-order chi connectivity index (χ0) is 15.0. The van der Waals surface area contributed by atoms with Crippen molar-refractivity contribution in [2.45, 2.75) is 19.9 Å². The van der Waals surface area contributed by atoms with Gasteiger partial charge in [-0.1, -0.05) is 43.0 Å². The van der Waals surface area contributed by atoms with Crippen LogP contribution in [-0.4, -0.2) is 4.57 Å². The quantitative estimate of drug-likeness (QED) is 0.629. The molecule has 1 aromatic heterocycles. The highest BCUT2D eigenvalue weighted by Crippen LogP contribution is 2.29. The predicted molar refractivity (Wildman–Crippen MR) is 89.0 cm³/mol. The van der Waals surface area contributed by atoms with Gasteiger partial charge >= 0.3 is 0 Å². The van der Waals surface area contributed by atoms with Gasteiger partial charge in [0.25, 0.3) is 5.82 Å². The Morgan fingerprint density at radius 3 is 2.43 bits per heavy atom. The first kappa shape index (κ1) is 13.6. The van der Waals surface area contributed by atoms with E-state index in [1.165, 1.54) is 22.4 Å². The molecule has 0 amide bonds. The molecule has 0 aliphatic rings. The number of hydrogen-bond donors (Lipinski definition) is 0. The molecule has 106 valence electrons. The zero-order valence-electron chi connectivity index (χ0n) is 12.9. The molecule has 0 bridgehead atoms. The van der Waals surface area contributed by atoms with Crippen LogP contribution in [0.25, 0.3) is 28.5 Å². The molecule has 0 atom stereocenters. The molecular formula is C19H21N2+. The van der Waals surface area contributed by atoms with Crippen molar-refractivity contribution in [2.24, 2.45) is 7.05 Å². The smallest absolute Gasteiger partial charge is 0.226 e. The molecule has 3 aromatic rings. The molecule has 21 heavy (non-hydrogen) atoms. The Hall–Kier alpha value is -2.35. The van der Waals surface area contributed by atoms with Crippen LogP contribution in [0.3, 0.4) is 0 Å². The molecular weight excluding hydrogens is 256 g/mol. The maximum atomic E-state index is 3.96. The van der Waals surface area contributed by atoms with Crippen LogP contribution in [0, 0.1) is 0 Å². The van der Waals surface area contributed by atoms with E-state index in [0.717, 1.165) is 5.56 Å². The van der Waals surface area contributed by atoms with Crippen LogP contribution in [0.2, 0.25) is 0 Å². The van der Waals surface area contributed by atoms with E-state index >= 15 is 0 Å². The van der Waals surface area contributed by atoms with E-state index in [4.69, 9.17) is 0 Å². The highest BCUT2D eigenvalue weighted by molar-refractivity contribution is 5.78. The Labute approximate surface area is 126 Å². The Morgan fingerprint density at radius 1 is 1.05 bits per heavy atom. The number of aryl methyl sites for hydroxylation is 1. The Morgan fingerprint density at radius 2 is 1.71 bits per heavy atom. The monoisotopic (exact) mass is 277 g/mol. The van der Waals surface area contributed by atoms with Gasteiger partial charge in [-0.3, -0.25) is 0 Å². The third kappa shape index (κ3) is 2.07. The van der Waals surface area contributed by atoms with Crippen molar-refractivity contribution >= 4 is 17.1 Å². The summed E-state index contributed by atoms with van der Waals surface area (Å²) in [6.45, 7) is 8.41. The molecule has 0 fully saturated rings. The number of rotatable bonds is 3. The maximum absolute atomic E-state index is 3.96. The average molecular weight is 277 g/mol. The van der Waals surface area contributed by atoms with Crippen LogP contribution < -0.4 is 4.57 Å². The summed E-state index contributed by atoms with van der Waals surface area (Å²) >= 11 is 0. The van der Waals surface area contributed by atoms with Gasteiger partial charge in [0.05, 0.1) is 18.7 Å². The summed E-state index contributed by atoms with van der Waals surface area (Å²) in [5, 5.41) is 0. The number of para-hydroxylation sites is 2. The largest absolute Gasteiger partial charge is 0.290 e. The number of nitrogens with zero attached hydrogens (tertiary/aromatic N) is 2. The lowest BCUT2D eigenvalue weighted by atomic mass is 10.1. The topological polar surface area (TPSA) is 8.81 Å². The highest BCUT2D eigenvalue weighted by atomic mass is 15.2. The van der Waals surface area contributed by atoms with Gasteiger partial charge in [-0.15, -0.1) is 0 Å². The highest BCUT2D eigenvalue weighted by Gasteiger charge is 2.26. The molecule has 0 saturated heterocycles. The van der Waals surface area contributed by atoms with Crippen LogP contribution in [-0.2, 0) is 7.05 Å². The molecule has 1 heterocycles. The fourth-order valence-electron chi connectivity index (χ4n) is 3.05. The summed E-state index contributed by atoms with van der Waals surface area (Å²) in [6, 6.07) is 17.4. The second kappa shape index (κ2) is 5.21. The minimum atomic E-state index is 0.393. The molecule has 0 radical (unpaired) electrons. The zero-order valence-corrected chi connectivity index (χ0v) is 12.9. The Balaban J connectivity index is 2.44. The molecule has 2 aromatic carbocycles. The third-order valence-electron chi connectivity index (χ3n) is 3.99. The summed E-state index contributed by atoms with van der Waals surface area (Å²) in [6.07, 6.45) is 1.93. The fourth-order valence-corrected chi connectivity index (χ4v) is 3.05. The average Bonchev–Trinajstić information content (AvgIpc) is 2.81. The lowest BCUT2D eigenvalue weighted by molar-refractivity contribution is -0.634. The fraction of sp³-hybridized carbons (Fsp3) is 0.211. The van der Waals surface area contributed by atoms with Crippen molar-refractivity contribution in [3.8, 4) is 11.4 Å². The first-order valence-electron chi connectivity index (χ1n) is 7.36. The van der Waals surface area contributed by atoms with Crippen molar-refractivity contribution in [1.82, 2.24) is 4.57 Å². The number of fused-ring (bicyclic) bond motifs is 1. The first-order valence-corrected chi connectivity index (χ1v) is 7.36. The molecule has 0 N–H and O–H groups in total. The van der Waals surface area contributed by atoms with Gasteiger partial charge in [0, 0.05) is 0 Å². The molecule has 2 heteroatoms. The number of hydrogen-bond acceptors (Lipinski definition) is 0. The van der Waals surface area contributed by atoms with Gasteiger partial charge in [0.15, 0.2) is 11.0 Å². The molecule has 0 aliphatic heterocycles. The van der Waals surface area contributed by atoms with Crippen LogP contribution >= 0.6 is 0 Å². The minimum Gasteiger partial charge on any atom is -0.226 e. The summed E-state index contributed by atoms with van der Waals surface area (Å²) in [5.74, 6) is 1.22. The van der Waals surface area contributed by atoms with Gasteiger partial charge in [-0.05, 0) is 37.6 Å². The second-order valence-electron chi connectivity index (χ2n) is 5.63. The van der Waals surface area contributed by atoms with E-state index in [2.05, 4.69) is 85.1 Å². The van der Waals surface area contributed by atoms with Crippen LogP contribution in [0.1, 0.15) is 25.5 Å². The molecule has 3 rings (SSSR count). The van der Waals surface area contributed by atoms with E-state index in [1.54, 1.807) is 0 Å². The summed E-state index contributed by atoms with van der Waals surface area (Å²) in [5.41, 5.74) is 4.90. The lowest BCUT2D eigenvalue weighted by Gasteiger charge is -2.09. The van der Waals surface area contributed by atoms with Gasteiger partial charge in [0.1, 0.15) is 0 Å². The van der Waals surface area contributed by atoms with E-state index in [0.29, 0.717) is 6.04 Å². The van der Waals surface area contributed by atoms with E-state index in [-0.39, 0.29) is 0 Å². The van der Waals surface area contributed by atoms with Gasteiger partial charge in [0.2, 0.25) is 0 Å². The Bertz CT molecular complexity index is 810. The van der Waals surface area contributed by atoms with Gasteiger partial charge in [-0.25, -0.2) is 9.13 Å². The summed E-state index contributed by atoms with van der Waals surface area (Å²) < 4.78 is 4.68. The molecule has 0 saturated carbocycles. The van der Waals surface area contributed by atoms with E-state index in [1.807, 2.05) is 6.08 Å². The predicted octanol–water partition coefficient (Wildman–Crippen LogP) is 4.36. The second-order valence-corrected chi connectivity index (χ2v) is 5.63. The van der Waals surface area contributed by atoms with E-state index in [9.17, 15) is 0 Å². The number of benzene rings is 2. The first-order chi connectivity index (χ1) is 10.1. The number of imidazole rings is 1. The lowest BCUT2D eigenvalue weighted by Crippen LogP contribution is -2.30. The van der Waals surface area contributed by atoms with Crippen molar-refractivity contribution in [3.63, 3.8) is 0 Å². The van der Waals surface area contributed by atoms with Crippen molar-refractivity contribution < 1.29 is 4.57 Å². The normalized spacial score (nSPS) is 11.2. The SMILES string of the molecule is C=Cc1ccccc1-c1n(C(C)C)c2ccccc2[n+]1C. The van der Waals surface area contributed by atoms with Crippen LogP contribution in [0.4, 0.5) is 0 Å². The van der Waals surface area contributed by atoms with Crippen LogP contribution in [0.5, 0.6) is 0 Å². The molecule has 0 spiro atoms. The van der Waals surface area contributed by atoms with Gasteiger partial charge < -0.3 is 0 Å². The maximum Gasteiger partial charge on any atom is 0.290 e. The molecule has 2 nitrogen and oxygen atoms in total. The standard InChI is InChI=1S/C19H21N2/c1-5-15-10-6-7-11-16(15)19-20(4)17-12-8-9-13-18(17)21(19)14(2)3/h5-14H,1H2,2-4H3/q+1. The van der Waals surface area contributed by atoms with E-state index < -0.39 is 0 Å². The minimum absolute atomic E-state index is 0.393. The summed E-state index contributed by atoms with van der Waals surface area (Å²) in [7, 11) is 2.14. The molecule has 0 unspecified atom stereocenters. The van der Waals surface area contributed by atoms with Crippen LogP contribution in [0.15, 0.2) is 55.1 Å². The molecule has 0 aliphatic carbocycles. The number of aromatic nitrogens is 2. The third-order valence-corrected chi connectivity index (χ3v) is 3.99. The summed E-state index contributed by atoms with van der Waals surface area (Å²) in [4.78, 5) is 0. The van der Waals surface area contributed by atoms with Gasteiger partial charge in [-0.2, -0.15) is 0 Å². The van der Waals surface area contributed by atoms with Crippen molar-refractivity contribution in [2.75, 3.05) is 0 Å². The van der Waals surface area contributed by atoms with Crippen molar-refractivity contribution in [3.05, 3.63) is 60.7 Å².